The minimum Gasteiger partial charge on any atom is -0.310 e. The number of hydrogen-bond acceptors (Lipinski definition) is 3. The quantitative estimate of drug-likeness (QED) is 0.896. The van der Waals surface area contributed by atoms with Crippen LogP contribution in [0.3, 0.4) is 0 Å². The fraction of sp³-hybridized carbons (Fsp3) is 0.417. The lowest BCUT2D eigenvalue weighted by molar-refractivity contribution is -0.119. The van der Waals surface area contributed by atoms with Crippen molar-refractivity contribution in [1.82, 2.24) is 4.72 Å². The van der Waals surface area contributed by atoms with Crippen LogP contribution >= 0.6 is 15.9 Å². The van der Waals surface area contributed by atoms with Gasteiger partial charge in [-0.1, -0.05) is 15.9 Å². The van der Waals surface area contributed by atoms with Crippen molar-refractivity contribution in [2.24, 2.45) is 0 Å². The van der Waals surface area contributed by atoms with Gasteiger partial charge < -0.3 is 4.90 Å². The maximum absolute atomic E-state index is 12.3. The van der Waals surface area contributed by atoms with Gasteiger partial charge in [-0.05, 0) is 37.1 Å². The SMILES string of the molecule is CC(NS(C)(=O)=O)C(=O)N1CCc2cc(Br)ccc21. The van der Waals surface area contributed by atoms with Crippen molar-refractivity contribution in [1.29, 1.82) is 0 Å². The van der Waals surface area contributed by atoms with E-state index in [-0.39, 0.29) is 5.91 Å². The van der Waals surface area contributed by atoms with Crippen molar-refractivity contribution < 1.29 is 13.2 Å². The number of sulfonamides is 1. The Hall–Kier alpha value is -0.920. The summed E-state index contributed by atoms with van der Waals surface area (Å²) in [5.74, 6) is -0.230. The molecule has 104 valence electrons. The Morgan fingerprint density at radius 2 is 2.16 bits per heavy atom. The second-order valence-corrected chi connectivity index (χ2v) is 7.32. The molecule has 0 fully saturated rings. The number of halogens is 1. The zero-order valence-electron chi connectivity index (χ0n) is 10.7. The molecule has 2 rings (SSSR count). The van der Waals surface area contributed by atoms with Gasteiger partial charge in [0.2, 0.25) is 15.9 Å². The summed E-state index contributed by atoms with van der Waals surface area (Å²) in [6.07, 6.45) is 1.83. The summed E-state index contributed by atoms with van der Waals surface area (Å²) in [7, 11) is -3.39. The van der Waals surface area contributed by atoms with E-state index >= 15 is 0 Å². The van der Waals surface area contributed by atoms with Crippen LogP contribution < -0.4 is 9.62 Å². The Morgan fingerprint density at radius 1 is 1.47 bits per heavy atom. The fourth-order valence-electron chi connectivity index (χ4n) is 2.20. The molecule has 1 aromatic carbocycles. The van der Waals surface area contributed by atoms with Crippen LogP contribution in [0.4, 0.5) is 5.69 Å². The number of fused-ring (bicyclic) bond motifs is 1. The number of carbonyl (C=O) groups excluding carboxylic acids is 1. The number of nitrogens with zero attached hydrogens (tertiary/aromatic N) is 1. The highest BCUT2D eigenvalue weighted by molar-refractivity contribution is 9.10. The molecule has 5 nitrogen and oxygen atoms in total. The first kappa shape index (κ1) is 14.5. The zero-order valence-corrected chi connectivity index (χ0v) is 13.1. The molecule has 0 aromatic heterocycles. The van der Waals surface area contributed by atoms with Crippen LogP contribution in [-0.2, 0) is 21.2 Å². The van der Waals surface area contributed by atoms with Gasteiger partial charge in [-0.15, -0.1) is 0 Å². The Kier molecular flexibility index (Phi) is 3.98. The Morgan fingerprint density at radius 3 is 2.79 bits per heavy atom. The van der Waals surface area contributed by atoms with E-state index in [9.17, 15) is 13.2 Å². The number of carbonyl (C=O) groups is 1. The third-order valence-electron chi connectivity index (χ3n) is 2.96. The van der Waals surface area contributed by atoms with Crippen molar-refractivity contribution in [3.05, 3.63) is 28.2 Å². The van der Waals surface area contributed by atoms with Gasteiger partial charge in [-0.3, -0.25) is 4.79 Å². The average molecular weight is 347 g/mol. The number of benzene rings is 1. The van der Waals surface area contributed by atoms with Crippen LogP contribution in [0.2, 0.25) is 0 Å². The van der Waals surface area contributed by atoms with Crippen LogP contribution in [0.5, 0.6) is 0 Å². The fourth-order valence-corrected chi connectivity index (χ4v) is 3.36. The summed E-state index contributed by atoms with van der Waals surface area (Å²) in [5, 5.41) is 0. The Labute approximate surface area is 121 Å². The number of hydrogen-bond donors (Lipinski definition) is 1. The second kappa shape index (κ2) is 5.22. The Balaban J connectivity index is 2.19. The minimum absolute atomic E-state index is 0.230. The van der Waals surface area contributed by atoms with E-state index in [0.29, 0.717) is 6.54 Å². The summed E-state index contributed by atoms with van der Waals surface area (Å²) in [5.41, 5.74) is 1.95. The van der Waals surface area contributed by atoms with E-state index in [0.717, 1.165) is 28.4 Å². The van der Waals surface area contributed by atoms with Gasteiger partial charge in [0, 0.05) is 16.7 Å². The standard InChI is InChI=1S/C12H15BrN2O3S/c1-8(14-19(2,17)18)12(16)15-6-5-9-7-10(13)3-4-11(9)15/h3-4,7-8,14H,5-6H2,1-2H3. The van der Waals surface area contributed by atoms with Gasteiger partial charge in [0.05, 0.1) is 12.3 Å². The maximum Gasteiger partial charge on any atom is 0.244 e. The zero-order chi connectivity index (χ0) is 14.2. The molecular formula is C12H15BrN2O3S. The molecule has 1 aliphatic heterocycles. The van der Waals surface area contributed by atoms with Crippen molar-refractivity contribution in [2.75, 3.05) is 17.7 Å². The van der Waals surface area contributed by atoms with E-state index in [4.69, 9.17) is 0 Å². The summed E-state index contributed by atoms with van der Waals surface area (Å²) >= 11 is 3.40. The molecule has 1 heterocycles. The van der Waals surface area contributed by atoms with E-state index < -0.39 is 16.1 Å². The molecule has 0 saturated carbocycles. The number of rotatable bonds is 3. The lowest BCUT2D eigenvalue weighted by Crippen LogP contribution is -2.46. The predicted octanol–water partition coefficient (Wildman–Crippen LogP) is 1.28. The van der Waals surface area contributed by atoms with E-state index in [2.05, 4.69) is 20.7 Å². The van der Waals surface area contributed by atoms with Gasteiger partial charge >= 0.3 is 0 Å². The second-order valence-electron chi connectivity index (χ2n) is 4.62. The van der Waals surface area contributed by atoms with E-state index in [1.807, 2.05) is 18.2 Å². The predicted molar refractivity (Wildman–Crippen MR) is 77.6 cm³/mol. The monoisotopic (exact) mass is 346 g/mol. The molecular weight excluding hydrogens is 332 g/mol. The summed E-state index contributed by atoms with van der Waals surface area (Å²) in [4.78, 5) is 13.9. The molecule has 1 atom stereocenters. The topological polar surface area (TPSA) is 66.5 Å². The highest BCUT2D eigenvalue weighted by atomic mass is 79.9. The first-order chi connectivity index (χ1) is 8.78. The highest BCUT2D eigenvalue weighted by Gasteiger charge is 2.29. The molecule has 1 aliphatic rings. The molecule has 7 heteroatoms. The maximum atomic E-state index is 12.3. The third kappa shape index (κ3) is 3.34. The molecule has 0 bridgehead atoms. The molecule has 0 aliphatic carbocycles. The molecule has 19 heavy (non-hydrogen) atoms. The van der Waals surface area contributed by atoms with Crippen molar-refractivity contribution >= 4 is 37.5 Å². The number of amides is 1. The first-order valence-corrected chi connectivity index (χ1v) is 8.53. The molecule has 0 spiro atoms. The molecule has 1 unspecified atom stereocenters. The lowest BCUT2D eigenvalue weighted by atomic mass is 10.2. The molecule has 0 saturated heterocycles. The smallest absolute Gasteiger partial charge is 0.244 e. The van der Waals surface area contributed by atoms with Crippen LogP contribution in [0, 0.1) is 0 Å². The largest absolute Gasteiger partial charge is 0.310 e. The van der Waals surface area contributed by atoms with Gasteiger partial charge in [0.15, 0.2) is 0 Å². The van der Waals surface area contributed by atoms with Gasteiger partial charge in [0.25, 0.3) is 0 Å². The van der Waals surface area contributed by atoms with Crippen molar-refractivity contribution in [2.45, 2.75) is 19.4 Å². The first-order valence-electron chi connectivity index (χ1n) is 5.85. The van der Waals surface area contributed by atoms with Crippen molar-refractivity contribution in [3.8, 4) is 0 Å². The van der Waals surface area contributed by atoms with Gasteiger partial charge in [-0.25, -0.2) is 13.1 Å². The summed E-state index contributed by atoms with van der Waals surface area (Å²) in [6, 6.07) is 4.97. The summed E-state index contributed by atoms with van der Waals surface area (Å²) in [6.45, 7) is 2.14. The average Bonchev–Trinajstić information content (AvgIpc) is 2.68. The molecule has 0 radical (unpaired) electrons. The molecule has 1 N–H and O–H groups in total. The van der Waals surface area contributed by atoms with E-state index in [1.165, 1.54) is 0 Å². The van der Waals surface area contributed by atoms with Crippen molar-refractivity contribution in [3.63, 3.8) is 0 Å². The normalized spacial score (nSPS) is 16.3. The van der Waals surface area contributed by atoms with Crippen LogP contribution in [-0.4, -0.2) is 33.2 Å². The molecule has 1 amide bonds. The number of anilines is 1. The van der Waals surface area contributed by atoms with E-state index in [1.54, 1.807) is 11.8 Å². The Bertz CT molecular complexity index is 615. The summed E-state index contributed by atoms with van der Waals surface area (Å²) < 4.78 is 25.6. The van der Waals surface area contributed by atoms with Crippen LogP contribution in [0.1, 0.15) is 12.5 Å². The highest BCUT2D eigenvalue weighted by Crippen LogP contribution is 2.30. The lowest BCUT2D eigenvalue weighted by Gasteiger charge is -2.21. The minimum atomic E-state index is -3.39. The molecule has 1 aromatic rings. The third-order valence-corrected chi connectivity index (χ3v) is 4.24. The van der Waals surface area contributed by atoms with Gasteiger partial charge in [-0.2, -0.15) is 0 Å². The van der Waals surface area contributed by atoms with Gasteiger partial charge in [0.1, 0.15) is 0 Å². The van der Waals surface area contributed by atoms with Crippen LogP contribution in [0.25, 0.3) is 0 Å². The number of nitrogens with one attached hydrogen (secondary N) is 1. The van der Waals surface area contributed by atoms with Crippen LogP contribution in [0.15, 0.2) is 22.7 Å².